The summed E-state index contributed by atoms with van der Waals surface area (Å²) < 4.78 is 41.0. The second-order valence-electron chi connectivity index (χ2n) is 8.65. The van der Waals surface area contributed by atoms with E-state index in [9.17, 15) is 18.4 Å². The van der Waals surface area contributed by atoms with Gasteiger partial charge in [0.2, 0.25) is 5.82 Å². The van der Waals surface area contributed by atoms with Gasteiger partial charge in [-0.1, -0.05) is 6.92 Å². The van der Waals surface area contributed by atoms with Crippen molar-refractivity contribution >= 4 is 29.3 Å². The lowest BCUT2D eigenvalue weighted by atomic mass is 10.0. The monoisotopic (exact) mass is 552 g/mol. The first-order valence-electron chi connectivity index (χ1n) is 12.7. The number of nitrogens with zero attached hydrogens (tertiary/aromatic N) is 3. The van der Waals surface area contributed by atoms with Crippen LogP contribution in [0.5, 0.6) is 5.75 Å². The van der Waals surface area contributed by atoms with E-state index < -0.39 is 11.6 Å². The molecule has 2 heterocycles. The molecule has 0 bridgehead atoms. The molecule has 10 nitrogen and oxygen atoms in total. The fraction of sp³-hybridized carbons (Fsp3) is 0.286. The van der Waals surface area contributed by atoms with E-state index in [-0.39, 0.29) is 23.8 Å². The van der Waals surface area contributed by atoms with E-state index in [2.05, 4.69) is 25.9 Å². The average Bonchev–Trinajstić information content (AvgIpc) is 3.40. The molecule has 0 aliphatic heterocycles. The number of rotatable bonds is 14. The molecule has 1 amide bonds. The van der Waals surface area contributed by atoms with Gasteiger partial charge in [0.15, 0.2) is 23.0 Å². The van der Waals surface area contributed by atoms with Crippen LogP contribution in [0.3, 0.4) is 0 Å². The Hall–Kier alpha value is -4.42. The van der Waals surface area contributed by atoms with Gasteiger partial charge in [0, 0.05) is 42.3 Å². The molecule has 0 aliphatic carbocycles. The summed E-state index contributed by atoms with van der Waals surface area (Å²) >= 11 is 0. The van der Waals surface area contributed by atoms with Gasteiger partial charge in [-0.15, -0.1) is 0 Å². The number of anilines is 2. The second kappa shape index (κ2) is 13.6. The number of aromatic nitrogens is 3. The van der Waals surface area contributed by atoms with Crippen molar-refractivity contribution in [3.05, 3.63) is 71.7 Å². The van der Waals surface area contributed by atoms with Crippen LogP contribution in [0.1, 0.15) is 22.8 Å². The summed E-state index contributed by atoms with van der Waals surface area (Å²) in [6, 6.07) is 8.15. The number of amides is 1. The largest absolute Gasteiger partial charge is 0.494 e. The van der Waals surface area contributed by atoms with Crippen molar-refractivity contribution in [2.45, 2.75) is 13.3 Å². The Kier molecular flexibility index (Phi) is 9.71. The van der Waals surface area contributed by atoms with Crippen molar-refractivity contribution in [2.75, 3.05) is 45.3 Å². The van der Waals surface area contributed by atoms with E-state index in [1.807, 2.05) is 13.0 Å². The Morgan fingerprint density at radius 1 is 1.10 bits per heavy atom. The van der Waals surface area contributed by atoms with Crippen LogP contribution < -0.4 is 20.7 Å². The Morgan fingerprint density at radius 3 is 2.70 bits per heavy atom. The van der Waals surface area contributed by atoms with Crippen LogP contribution in [0.25, 0.3) is 16.9 Å². The number of aryl methyl sites for hydroxylation is 1. The number of halogens is 2. The highest BCUT2D eigenvalue weighted by molar-refractivity contribution is 5.96. The second-order valence-corrected chi connectivity index (χ2v) is 8.65. The number of benzene rings is 2. The fourth-order valence-corrected chi connectivity index (χ4v) is 4.16. The van der Waals surface area contributed by atoms with Crippen LogP contribution in [0, 0.1) is 11.6 Å². The minimum absolute atomic E-state index is 0.0338. The molecule has 0 aliphatic rings. The summed E-state index contributed by atoms with van der Waals surface area (Å²) in [5.74, 6) is -2.10. The standard InChI is InChI=1S/C28H30F2N6O4/c1-3-18-16-19(4-5-20(18)28(38)33-11-15-40-14-10-31-9-13-37)35-26-27-34-17-22(36(27)12-8-32-26)21-6-7-23(39-2)25(30)24(21)29/h4-8,12-13,16-17,31H,3,9-11,14-15H2,1-2H3,(H,32,35)(H,33,38). The van der Waals surface area contributed by atoms with Crippen molar-refractivity contribution in [3.63, 3.8) is 0 Å². The molecule has 0 unspecified atom stereocenters. The Morgan fingerprint density at radius 2 is 1.93 bits per heavy atom. The van der Waals surface area contributed by atoms with Crippen molar-refractivity contribution in [1.82, 2.24) is 25.0 Å². The highest BCUT2D eigenvalue weighted by Crippen LogP contribution is 2.31. The molecule has 12 heteroatoms. The molecular weight excluding hydrogens is 522 g/mol. The molecule has 3 N–H and O–H groups in total. The lowest BCUT2D eigenvalue weighted by molar-refractivity contribution is -0.107. The molecule has 0 saturated heterocycles. The number of ether oxygens (including phenoxy) is 2. The first-order chi connectivity index (χ1) is 19.5. The maximum atomic E-state index is 14.8. The number of hydrogen-bond donors (Lipinski definition) is 3. The third-order valence-electron chi connectivity index (χ3n) is 6.15. The topological polar surface area (TPSA) is 119 Å². The van der Waals surface area contributed by atoms with E-state index in [1.54, 1.807) is 22.7 Å². The quantitative estimate of drug-likeness (QED) is 0.161. The minimum Gasteiger partial charge on any atom is -0.494 e. The summed E-state index contributed by atoms with van der Waals surface area (Å²) in [5, 5.41) is 8.96. The zero-order chi connectivity index (χ0) is 28.5. The molecule has 2 aromatic carbocycles. The lowest BCUT2D eigenvalue weighted by Gasteiger charge is -2.13. The Bertz CT molecular complexity index is 1490. The van der Waals surface area contributed by atoms with Gasteiger partial charge in [0.05, 0.1) is 38.8 Å². The SMILES string of the molecule is CCc1cc(Nc2nccn3c(-c4ccc(OC)c(F)c4F)cnc23)ccc1C(=O)NCCOCCNCC=O. The molecule has 0 fully saturated rings. The Balaban J connectivity index is 1.46. The summed E-state index contributed by atoms with van der Waals surface area (Å²) in [6.07, 6.45) is 5.99. The normalized spacial score (nSPS) is 11.0. The van der Waals surface area contributed by atoms with Gasteiger partial charge in [-0.25, -0.2) is 14.4 Å². The van der Waals surface area contributed by atoms with Gasteiger partial charge >= 0.3 is 0 Å². The predicted octanol–water partition coefficient (Wildman–Crippen LogP) is 3.52. The van der Waals surface area contributed by atoms with Crippen molar-refractivity contribution in [1.29, 1.82) is 0 Å². The average molecular weight is 553 g/mol. The molecule has 40 heavy (non-hydrogen) atoms. The molecule has 0 atom stereocenters. The predicted molar refractivity (Wildman–Crippen MR) is 146 cm³/mol. The van der Waals surface area contributed by atoms with Crippen LogP contribution in [0.15, 0.2) is 48.9 Å². The molecule has 0 spiro atoms. The molecule has 0 saturated carbocycles. The molecule has 4 rings (SSSR count). The molecule has 2 aromatic heterocycles. The van der Waals surface area contributed by atoms with E-state index in [0.29, 0.717) is 61.1 Å². The van der Waals surface area contributed by atoms with Gasteiger partial charge in [-0.2, -0.15) is 4.39 Å². The maximum Gasteiger partial charge on any atom is 0.251 e. The van der Waals surface area contributed by atoms with Gasteiger partial charge in [0.1, 0.15) is 6.29 Å². The number of nitrogens with one attached hydrogen (secondary N) is 3. The summed E-state index contributed by atoms with van der Waals surface area (Å²) in [5.41, 5.74) is 2.86. The van der Waals surface area contributed by atoms with E-state index in [0.717, 1.165) is 11.8 Å². The number of methoxy groups -OCH3 is 1. The number of carbonyl (C=O) groups is 2. The van der Waals surface area contributed by atoms with Gasteiger partial charge in [0.25, 0.3) is 5.91 Å². The van der Waals surface area contributed by atoms with Crippen molar-refractivity contribution in [2.24, 2.45) is 0 Å². The lowest BCUT2D eigenvalue weighted by Crippen LogP contribution is -2.29. The van der Waals surface area contributed by atoms with Gasteiger partial charge < -0.3 is 30.2 Å². The van der Waals surface area contributed by atoms with Gasteiger partial charge in [-0.05, 0) is 42.3 Å². The van der Waals surface area contributed by atoms with E-state index in [4.69, 9.17) is 9.47 Å². The highest BCUT2D eigenvalue weighted by atomic mass is 19.2. The third kappa shape index (κ3) is 6.41. The maximum absolute atomic E-state index is 14.8. The Labute approximate surface area is 229 Å². The highest BCUT2D eigenvalue weighted by Gasteiger charge is 2.19. The fourth-order valence-electron chi connectivity index (χ4n) is 4.16. The number of fused-ring (bicyclic) bond motifs is 1. The van der Waals surface area contributed by atoms with Crippen LogP contribution in [-0.2, 0) is 16.0 Å². The van der Waals surface area contributed by atoms with Crippen LogP contribution in [0.2, 0.25) is 0 Å². The number of carbonyl (C=O) groups excluding carboxylic acids is 2. The van der Waals surface area contributed by atoms with Crippen LogP contribution >= 0.6 is 0 Å². The summed E-state index contributed by atoms with van der Waals surface area (Å²) in [4.78, 5) is 31.8. The summed E-state index contributed by atoms with van der Waals surface area (Å²) in [7, 11) is 1.27. The molecular formula is C28H30F2N6O4. The summed E-state index contributed by atoms with van der Waals surface area (Å²) in [6.45, 7) is 3.93. The van der Waals surface area contributed by atoms with Crippen LogP contribution in [-0.4, -0.2) is 66.5 Å². The minimum atomic E-state index is -1.07. The first kappa shape index (κ1) is 28.6. The number of aldehydes is 1. The smallest absolute Gasteiger partial charge is 0.251 e. The zero-order valence-corrected chi connectivity index (χ0v) is 22.2. The van der Waals surface area contributed by atoms with E-state index in [1.165, 1.54) is 31.6 Å². The third-order valence-corrected chi connectivity index (χ3v) is 6.15. The zero-order valence-electron chi connectivity index (χ0n) is 22.2. The number of hydrogen-bond acceptors (Lipinski definition) is 8. The number of imidazole rings is 1. The van der Waals surface area contributed by atoms with Crippen molar-refractivity contribution in [3.8, 4) is 17.0 Å². The molecule has 0 radical (unpaired) electrons. The van der Waals surface area contributed by atoms with Gasteiger partial charge in [-0.3, -0.25) is 9.20 Å². The molecule has 4 aromatic rings. The first-order valence-corrected chi connectivity index (χ1v) is 12.7. The van der Waals surface area contributed by atoms with E-state index >= 15 is 0 Å². The molecule has 210 valence electrons. The van der Waals surface area contributed by atoms with Crippen molar-refractivity contribution < 1.29 is 27.8 Å². The van der Waals surface area contributed by atoms with Crippen LogP contribution in [0.4, 0.5) is 20.3 Å².